The van der Waals surface area contributed by atoms with Gasteiger partial charge in [-0.3, -0.25) is 14.6 Å². The van der Waals surface area contributed by atoms with Gasteiger partial charge < -0.3 is 9.84 Å². The number of aliphatic hydroxyl groups is 1. The van der Waals surface area contributed by atoms with Crippen molar-refractivity contribution in [2.45, 2.75) is 92.5 Å². The zero-order chi connectivity index (χ0) is 29.7. The summed E-state index contributed by atoms with van der Waals surface area (Å²) in [6.45, 7) is 12.4. The van der Waals surface area contributed by atoms with Crippen LogP contribution in [-0.4, -0.2) is 47.7 Å². The van der Waals surface area contributed by atoms with Crippen LogP contribution in [0, 0.1) is 35.0 Å². The molecule has 220 valence electrons. The maximum absolute atomic E-state index is 14.1. The van der Waals surface area contributed by atoms with Crippen molar-refractivity contribution in [3.8, 4) is 0 Å². The van der Waals surface area contributed by atoms with E-state index in [2.05, 4.69) is 4.99 Å². The van der Waals surface area contributed by atoms with Gasteiger partial charge >= 0.3 is 12.1 Å². The van der Waals surface area contributed by atoms with E-state index in [1.807, 2.05) is 20.1 Å². The summed E-state index contributed by atoms with van der Waals surface area (Å²) < 4.78 is 48.1. The maximum Gasteiger partial charge on any atom is 0.412 e. The highest BCUT2D eigenvalue weighted by Crippen LogP contribution is 2.56. The summed E-state index contributed by atoms with van der Waals surface area (Å²) in [5, 5.41) is 12.8. The number of hydrogen-bond acceptors (Lipinski definition) is 6. The lowest BCUT2D eigenvalue weighted by Gasteiger charge is -2.32. The molecular formula is C30H44F3NO4S. The highest BCUT2D eigenvalue weighted by molar-refractivity contribution is 8.01. The molecule has 39 heavy (non-hydrogen) atoms. The molecule has 9 heteroatoms. The lowest BCUT2D eigenvalue weighted by molar-refractivity contribution is -0.148. The minimum Gasteiger partial charge on any atom is -0.457 e. The molecule has 7 atom stereocenters. The Bertz CT molecular complexity index is 1010. The number of aliphatic imine (C=N–C) groups is 1. The van der Waals surface area contributed by atoms with E-state index >= 15 is 0 Å². The van der Waals surface area contributed by atoms with E-state index < -0.39 is 41.3 Å². The standard InChI is InChI=1S/C30H44F3NO4S/c1-9-34-22(16-39-8)14-17(2)24-11-10-21(30(31,32)33)15-23-18(3)26(23)19(4)27(36)20(5)28(37)29(6,7)13-12-25(35)38-24/h9-10,14,16,18-20,23-24,26-27,36H,11-13,15H2,1-8H3/b17-14+,21-10+,22-16-,34-9?/t18-,19-,20+,23?,24-,26?,27-/m0/s1. The number of ketones is 1. The van der Waals surface area contributed by atoms with Gasteiger partial charge in [-0.25, -0.2) is 0 Å². The summed E-state index contributed by atoms with van der Waals surface area (Å²) in [5.74, 6) is -2.16. The van der Waals surface area contributed by atoms with Crippen LogP contribution in [0.3, 0.4) is 0 Å². The lowest BCUT2D eigenvalue weighted by atomic mass is 9.74. The van der Waals surface area contributed by atoms with Crippen LogP contribution < -0.4 is 0 Å². The molecule has 0 radical (unpaired) electrons. The van der Waals surface area contributed by atoms with Gasteiger partial charge in [0.15, 0.2) is 0 Å². The number of carbonyl (C=O) groups excluding carboxylic acids is 2. The molecule has 0 spiro atoms. The van der Waals surface area contributed by atoms with Crippen molar-refractivity contribution in [2.24, 2.45) is 40.0 Å². The number of hydrogen-bond donors (Lipinski definition) is 1. The Kier molecular flexibility index (Phi) is 11.7. The minimum absolute atomic E-state index is 0.00667. The second-order valence-corrected chi connectivity index (χ2v) is 12.4. The number of ether oxygens (including phenoxy) is 1. The van der Waals surface area contributed by atoms with Crippen molar-refractivity contribution in [1.29, 1.82) is 0 Å². The van der Waals surface area contributed by atoms with Gasteiger partial charge in [0.05, 0.1) is 11.8 Å². The molecular weight excluding hydrogens is 527 g/mol. The van der Waals surface area contributed by atoms with Gasteiger partial charge in [-0.05, 0) is 73.7 Å². The molecule has 1 heterocycles. The molecule has 2 aliphatic rings. The third-order valence-corrected chi connectivity index (χ3v) is 8.88. The second kappa shape index (κ2) is 13.7. The van der Waals surface area contributed by atoms with E-state index in [1.165, 1.54) is 11.8 Å². The molecule has 5 nitrogen and oxygen atoms in total. The molecule has 2 rings (SSSR count). The van der Waals surface area contributed by atoms with Gasteiger partial charge in [0.1, 0.15) is 11.9 Å². The first-order chi connectivity index (χ1) is 18.0. The van der Waals surface area contributed by atoms with E-state index in [4.69, 9.17) is 4.74 Å². The number of carbonyl (C=O) groups is 2. The first kappa shape index (κ1) is 33.3. The Balaban J connectivity index is 2.52. The van der Waals surface area contributed by atoms with Crippen molar-refractivity contribution < 1.29 is 32.6 Å². The summed E-state index contributed by atoms with van der Waals surface area (Å²) in [7, 11) is 0. The highest BCUT2D eigenvalue weighted by atomic mass is 32.2. The smallest absolute Gasteiger partial charge is 0.412 e. The van der Waals surface area contributed by atoms with Crippen LogP contribution in [0.15, 0.2) is 39.4 Å². The Hall–Kier alpha value is -1.87. The third-order valence-electron chi connectivity index (χ3n) is 8.40. The van der Waals surface area contributed by atoms with Crippen LogP contribution in [-0.2, 0) is 14.3 Å². The minimum atomic E-state index is -4.53. The highest BCUT2D eigenvalue weighted by Gasteiger charge is 2.54. The largest absolute Gasteiger partial charge is 0.457 e. The van der Waals surface area contributed by atoms with Crippen molar-refractivity contribution in [3.63, 3.8) is 0 Å². The van der Waals surface area contributed by atoms with Crippen LogP contribution in [0.2, 0.25) is 0 Å². The average Bonchev–Trinajstić information content (AvgIpc) is 3.49. The fourth-order valence-electron chi connectivity index (χ4n) is 5.82. The molecule has 0 saturated heterocycles. The van der Waals surface area contributed by atoms with Gasteiger partial charge in [0.2, 0.25) is 0 Å². The molecule has 1 saturated carbocycles. The van der Waals surface area contributed by atoms with E-state index in [9.17, 15) is 27.9 Å². The monoisotopic (exact) mass is 571 g/mol. The average molecular weight is 572 g/mol. The van der Waals surface area contributed by atoms with E-state index in [0.29, 0.717) is 11.3 Å². The number of esters is 1. The zero-order valence-corrected chi connectivity index (χ0v) is 25.2. The first-order valence-electron chi connectivity index (χ1n) is 13.6. The number of nitrogens with zero attached hydrogens (tertiary/aromatic N) is 1. The molecule has 1 aliphatic heterocycles. The number of Topliss-reactive ketones (excluding diaryl/α,β-unsaturated/α-hetero) is 1. The molecule has 1 aliphatic carbocycles. The van der Waals surface area contributed by atoms with Gasteiger partial charge in [0.25, 0.3) is 0 Å². The molecule has 0 aromatic heterocycles. The second-order valence-electron chi connectivity index (χ2n) is 11.7. The van der Waals surface area contributed by atoms with Gasteiger partial charge in [-0.2, -0.15) is 13.2 Å². The Morgan fingerprint density at radius 3 is 2.41 bits per heavy atom. The first-order valence-corrected chi connectivity index (χ1v) is 14.9. The van der Waals surface area contributed by atoms with Gasteiger partial charge in [-0.1, -0.05) is 40.7 Å². The number of alkyl halides is 3. The van der Waals surface area contributed by atoms with Gasteiger partial charge in [0, 0.05) is 36.0 Å². The van der Waals surface area contributed by atoms with Crippen molar-refractivity contribution in [2.75, 3.05) is 6.26 Å². The number of cyclic esters (lactones) is 1. The number of rotatable bonds is 4. The summed E-state index contributed by atoms with van der Waals surface area (Å²) in [6, 6.07) is 0. The fourth-order valence-corrected chi connectivity index (χ4v) is 6.19. The normalized spacial score (nSPS) is 35.3. The molecule has 0 amide bonds. The zero-order valence-electron chi connectivity index (χ0n) is 24.3. The number of allylic oxidation sites excluding steroid dienone is 2. The lowest BCUT2D eigenvalue weighted by Crippen LogP contribution is -2.40. The van der Waals surface area contributed by atoms with Crippen LogP contribution in [0.5, 0.6) is 0 Å². The fraction of sp³-hybridized carbons (Fsp3) is 0.700. The summed E-state index contributed by atoms with van der Waals surface area (Å²) in [4.78, 5) is 30.5. The maximum atomic E-state index is 14.1. The number of thioether (sulfide) groups is 1. The van der Waals surface area contributed by atoms with Crippen LogP contribution in [0.1, 0.15) is 74.1 Å². The van der Waals surface area contributed by atoms with Crippen LogP contribution in [0.25, 0.3) is 0 Å². The van der Waals surface area contributed by atoms with Crippen LogP contribution in [0.4, 0.5) is 13.2 Å². The van der Waals surface area contributed by atoms with E-state index in [1.54, 1.807) is 52.3 Å². The van der Waals surface area contributed by atoms with Crippen LogP contribution >= 0.6 is 11.8 Å². The number of fused-ring (bicyclic) bond motifs is 1. The number of halogens is 3. The van der Waals surface area contributed by atoms with Crippen molar-refractivity contribution in [1.82, 2.24) is 0 Å². The van der Waals surface area contributed by atoms with Crippen molar-refractivity contribution >= 4 is 29.7 Å². The summed E-state index contributed by atoms with van der Waals surface area (Å²) >= 11 is 1.44. The molecule has 0 aromatic carbocycles. The topological polar surface area (TPSA) is 76.0 Å². The summed E-state index contributed by atoms with van der Waals surface area (Å²) in [6.07, 6.45) is -0.240. The Labute approximate surface area is 235 Å². The molecule has 0 bridgehead atoms. The Morgan fingerprint density at radius 2 is 1.85 bits per heavy atom. The molecule has 1 N–H and O–H groups in total. The Morgan fingerprint density at radius 1 is 1.21 bits per heavy atom. The third kappa shape index (κ3) is 8.81. The SMILES string of the molecule is CC=NC(=C\SC)/C=C(\C)[C@@H]1C/C=C(/C(F)(F)F)CC2C([C@H]2C)[C@H](C)[C@H](O)[C@@H](C)C(=O)C(C)(C)CCC(=O)O1. The molecule has 1 fully saturated rings. The predicted octanol–water partition coefficient (Wildman–Crippen LogP) is 7.31. The van der Waals surface area contributed by atoms with E-state index in [-0.39, 0.29) is 55.1 Å². The van der Waals surface area contributed by atoms with Gasteiger partial charge in [-0.15, -0.1) is 11.8 Å². The van der Waals surface area contributed by atoms with Crippen molar-refractivity contribution in [3.05, 3.63) is 34.4 Å². The van der Waals surface area contributed by atoms with E-state index in [0.717, 1.165) is 6.08 Å². The summed E-state index contributed by atoms with van der Waals surface area (Å²) in [5.41, 5.74) is -0.347. The molecule has 0 aromatic rings. The number of aliphatic hydroxyl groups excluding tert-OH is 1. The molecule has 2 unspecified atom stereocenters. The predicted molar refractivity (Wildman–Crippen MR) is 151 cm³/mol. The quantitative estimate of drug-likeness (QED) is 0.166.